The minimum atomic E-state index is -4.41. The van der Waals surface area contributed by atoms with Gasteiger partial charge in [-0.15, -0.1) is 0 Å². The van der Waals surface area contributed by atoms with Crippen LogP contribution in [0.2, 0.25) is 0 Å². The molecule has 1 saturated heterocycles. The Morgan fingerprint density at radius 3 is 2.54 bits per heavy atom. The maximum absolute atomic E-state index is 12.7. The summed E-state index contributed by atoms with van der Waals surface area (Å²) in [4.78, 5) is 32.1. The van der Waals surface area contributed by atoms with Gasteiger partial charge in [-0.05, 0) is 67.7 Å². The number of piperidine rings is 1. The predicted molar refractivity (Wildman–Crippen MR) is 136 cm³/mol. The molecule has 0 atom stereocenters. The lowest BCUT2D eigenvalue weighted by Gasteiger charge is -2.32. The van der Waals surface area contributed by atoms with Gasteiger partial charge in [-0.1, -0.05) is 30.7 Å². The predicted octanol–water partition coefficient (Wildman–Crippen LogP) is 5.64. The highest BCUT2D eigenvalue weighted by molar-refractivity contribution is 8.04. The van der Waals surface area contributed by atoms with Gasteiger partial charge in [0.25, 0.3) is 11.8 Å². The first kappa shape index (κ1) is 25.4. The van der Waals surface area contributed by atoms with Gasteiger partial charge < -0.3 is 10.2 Å². The molecule has 6 nitrogen and oxygen atoms in total. The number of amides is 2. The van der Waals surface area contributed by atoms with E-state index in [1.54, 1.807) is 11.1 Å². The van der Waals surface area contributed by atoms with Gasteiger partial charge in [0.2, 0.25) is 0 Å². The molecule has 0 saturated carbocycles. The monoisotopic (exact) mass is 528 g/mol. The number of nitrogens with one attached hydrogen (secondary N) is 1. The summed E-state index contributed by atoms with van der Waals surface area (Å²) in [5.41, 5.74) is 1.30. The zero-order chi connectivity index (χ0) is 26.0. The van der Waals surface area contributed by atoms with E-state index in [1.807, 2.05) is 28.7 Å². The molecule has 1 N–H and O–H groups in total. The number of carbonyl (C=O) groups excluding carboxylic acids is 2. The van der Waals surface area contributed by atoms with Crippen LogP contribution in [0.3, 0.4) is 0 Å². The lowest BCUT2D eigenvalue weighted by Crippen LogP contribution is -2.38. The molecule has 2 aliphatic rings. The number of unbranched alkanes of at least 4 members (excludes halogenated alkanes) is 1. The highest BCUT2D eigenvalue weighted by atomic mass is 32.2. The Kier molecular flexibility index (Phi) is 7.28. The Balaban J connectivity index is 1.01. The quantitative estimate of drug-likeness (QED) is 0.403. The number of imidazole rings is 1. The Labute approximate surface area is 216 Å². The van der Waals surface area contributed by atoms with Gasteiger partial charge in [0.1, 0.15) is 5.65 Å². The molecule has 0 aliphatic carbocycles. The Morgan fingerprint density at radius 1 is 1.05 bits per heavy atom. The first-order valence-corrected chi connectivity index (χ1v) is 13.2. The average Bonchev–Trinajstić information content (AvgIpc) is 3.32. The van der Waals surface area contributed by atoms with Crippen LogP contribution >= 0.6 is 11.8 Å². The average molecular weight is 529 g/mol. The zero-order valence-corrected chi connectivity index (χ0v) is 20.9. The summed E-state index contributed by atoms with van der Waals surface area (Å²) in [5.74, 6) is 0.207. The fourth-order valence-corrected chi connectivity index (χ4v) is 5.86. The molecule has 0 spiro atoms. The number of hydrogen-bond donors (Lipinski definition) is 1. The third kappa shape index (κ3) is 5.69. The molecule has 0 unspecified atom stereocenters. The largest absolute Gasteiger partial charge is 0.416 e. The lowest BCUT2D eigenvalue weighted by molar-refractivity contribution is -0.137. The molecule has 194 valence electrons. The number of alkyl halides is 3. The second-order valence-corrected chi connectivity index (χ2v) is 10.5. The van der Waals surface area contributed by atoms with Gasteiger partial charge in [0.15, 0.2) is 0 Å². The van der Waals surface area contributed by atoms with Gasteiger partial charge in [0, 0.05) is 25.2 Å². The van der Waals surface area contributed by atoms with Gasteiger partial charge in [-0.3, -0.25) is 14.0 Å². The maximum Gasteiger partial charge on any atom is 0.416 e. The molecule has 2 aromatic heterocycles. The first-order chi connectivity index (χ1) is 17.8. The minimum Gasteiger partial charge on any atom is -0.352 e. The summed E-state index contributed by atoms with van der Waals surface area (Å²) < 4.78 is 40.3. The number of likely N-dealkylation sites (tertiary alicyclic amines) is 1. The van der Waals surface area contributed by atoms with E-state index in [4.69, 9.17) is 0 Å². The van der Waals surface area contributed by atoms with Crippen molar-refractivity contribution < 1.29 is 22.8 Å². The molecule has 1 aromatic carbocycles. The van der Waals surface area contributed by atoms with Crippen LogP contribution in [0.4, 0.5) is 13.2 Å². The van der Waals surface area contributed by atoms with Crippen molar-refractivity contribution >= 4 is 35.3 Å². The fourth-order valence-electron chi connectivity index (χ4n) is 4.85. The molecule has 2 amide bonds. The Hall–Kier alpha value is -3.27. The third-order valence-electron chi connectivity index (χ3n) is 6.92. The van der Waals surface area contributed by atoms with Crippen molar-refractivity contribution in [3.05, 3.63) is 70.4 Å². The summed E-state index contributed by atoms with van der Waals surface area (Å²) in [5, 5.41) is 3.99. The van der Waals surface area contributed by atoms with E-state index in [1.165, 1.54) is 23.9 Å². The van der Waals surface area contributed by atoms with E-state index >= 15 is 0 Å². The van der Waals surface area contributed by atoms with Crippen LogP contribution in [0.25, 0.3) is 11.7 Å². The van der Waals surface area contributed by atoms with Crippen LogP contribution in [0.15, 0.2) is 58.6 Å². The van der Waals surface area contributed by atoms with Crippen molar-refractivity contribution in [1.29, 1.82) is 0 Å². The standard InChI is InChI=1S/C27H27F3N4O2S/c28-27(29,30)20-9-7-19(8-10-20)26(36)33-14-11-18(12-15-33)4-1-2-13-31-25(35)22-16-21-17-32-23-5-3-6-24(37-22)34(21)23/h3,5-10,16-18H,1-2,4,11-15H2,(H,31,35). The molecule has 2 aliphatic heterocycles. The van der Waals surface area contributed by atoms with E-state index in [0.29, 0.717) is 30.5 Å². The number of nitrogens with zero attached hydrogens (tertiary/aromatic N) is 3. The number of aromatic nitrogens is 2. The lowest BCUT2D eigenvalue weighted by atomic mass is 9.91. The number of thioether (sulfide) groups is 1. The van der Waals surface area contributed by atoms with Crippen molar-refractivity contribution in [3.63, 3.8) is 0 Å². The van der Waals surface area contributed by atoms with Gasteiger partial charge in [-0.25, -0.2) is 4.98 Å². The summed E-state index contributed by atoms with van der Waals surface area (Å²) >= 11 is 1.44. The second kappa shape index (κ2) is 10.6. The molecular weight excluding hydrogens is 501 g/mol. The second-order valence-electron chi connectivity index (χ2n) is 9.41. The van der Waals surface area contributed by atoms with Gasteiger partial charge in [0.05, 0.1) is 27.4 Å². The van der Waals surface area contributed by atoms with Gasteiger partial charge in [-0.2, -0.15) is 13.2 Å². The van der Waals surface area contributed by atoms with Crippen LogP contribution in [-0.2, 0) is 11.0 Å². The molecule has 1 fully saturated rings. The molecular formula is C27H27F3N4O2S. The Morgan fingerprint density at radius 2 is 1.81 bits per heavy atom. The smallest absolute Gasteiger partial charge is 0.352 e. The number of pyridine rings is 1. The van der Waals surface area contributed by atoms with Crippen molar-refractivity contribution in [1.82, 2.24) is 19.6 Å². The summed E-state index contributed by atoms with van der Waals surface area (Å²) in [6, 6.07) is 10.3. The van der Waals surface area contributed by atoms with E-state index in [0.717, 1.165) is 60.6 Å². The van der Waals surface area contributed by atoms with Crippen LogP contribution in [0.1, 0.15) is 53.7 Å². The summed E-state index contributed by atoms with van der Waals surface area (Å²) in [6.07, 6.45) is 3.87. The highest BCUT2D eigenvalue weighted by Gasteiger charge is 2.31. The molecule has 4 heterocycles. The number of carbonyl (C=O) groups is 2. The summed E-state index contributed by atoms with van der Waals surface area (Å²) in [7, 11) is 0. The van der Waals surface area contributed by atoms with Crippen LogP contribution < -0.4 is 5.32 Å². The zero-order valence-electron chi connectivity index (χ0n) is 20.1. The Bertz CT molecular complexity index is 1330. The van der Waals surface area contributed by atoms with Crippen molar-refractivity contribution in [2.45, 2.75) is 43.3 Å². The van der Waals surface area contributed by atoms with E-state index in [-0.39, 0.29) is 17.4 Å². The molecule has 10 heteroatoms. The number of halogens is 3. The number of hydrogen-bond acceptors (Lipinski definition) is 4. The molecule has 0 bridgehead atoms. The van der Waals surface area contributed by atoms with E-state index in [9.17, 15) is 22.8 Å². The normalized spacial score (nSPS) is 16.1. The summed E-state index contributed by atoms with van der Waals surface area (Å²) in [6.45, 7) is 1.82. The van der Waals surface area contributed by atoms with E-state index in [2.05, 4.69) is 10.3 Å². The SMILES string of the molecule is O=C(NCCCCC1CCN(C(=O)c2ccc(C(F)(F)F)cc2)CC1)C1=Cc2cnc3cccc(n23)S1. The van der Waals surface area contributed by atoms with Crippen LogP contribution in [-0.4, -0.2) is 45.7 Å². The highest BCUT2D eigenvalue weighted by Crippen LogP contribution is 2.34. The molecule has 3 aromatic rings. The maximum atomic E-state index is 12.7. The molecule has 37 heavy (non-hydrogen) atoms. The van der Waals surface area contributed by atoms with Crippen LogP contribution in [0.5, 0.6) is 0 Å². The number of benzene rings is 1. The van der Waals surface area contributed by atoms with Crippen LogP contribution in [0, 0.1) is 5.92 Å². The topological polar surface area (TPSA) is 66.7 Å². The number of rotatable bonds is 7. The van der Waals surface area contributed by atoms with Crippen molar-refractivity contribution in [3.8, 4) is 0 Å². The molecule has 5 rings (SSSR count). The van der Waals surface area contributed by atoms with Gasteiger partial charge >= 0.3 is 6.18 Å². The third-order valence-corrected chi connectivity index (χ3v) is 7.97. The van der Waals surface area contributed by atoms with E-state index < -0.39 is 11.7 Å². The molecule has 0 radical (unpaired) electrons. The van der Waals surface area contributed by atoms with Crippen molar-refractivity contribution in [2.75, 3.05) is 19.6 Å². The minimum absolute atomic E-state index is 0.0791. The fraction of sp³-hybridized carbons (Fsp3) is 0.370. The van der Waals surface area contributed by atoms with Crippen molar-refractivity contribution in [2.24, 2.45) is 5.92 Å². The first-order valence-electron chi connectivity index (χ1n) is 12.4.